The highest BCUT2D eigenvalue weighted by molar-refractivity contribution is 5.21. The van der Waals surface area contributed by atoms with E-state index in [1.165, 1.54) is 0 Å². The molecule has 0 radical (unpaired) electrons. The highest BCUT2D eigenvalue weighted by atomic mass is 16.6. The molecule has 0 bridgehead atoms. The van der Waals surface area contributed by atoms with E-state index in [2.05, 4.69) is 0 Å². The van der Waals surface area contributed by atoms with Crippen molar-refractivity contribution in [1.29, 1.82) is 0 Å². The number of hydrogen-bond donors (Lipinski definition) is 2. The number of aliphatic hydroxyl groups excluding tert-OH is 2. The molecule has 12 nitrogen and oxygen atoms in total. The third-order valence-corrected chi connectivity index (χ3v) is 16.2. The molecule has 0 fully saturated rings. The summed E-state index contributed by atoms with van der Waals surface area (Å²) in [4.78, 5) is 0. The maximum absolute atomic E-state index is 14.3. The van der Waals surface area contributed by atoms with Crippen LogP contribution in [0.25, 0.3) is 0 Å². The predicted molar refractivity (Wildman–Crippen MR) is 364 cm³/mol. The summed E-state index contributed by atoms with van der Waals surface area (Å²) in [5.41, 5.74) is 8.82. The number of aliphatic hydroxyl groups is 2. The minimum absolute atomic E-state index is 0.00760. The topological polar surface area (TPSA) is 133 Å². The third kappa shape index (κ3) is 22.2. The molecule has 2 N–H and O–H groups in total. The van der Waals surface area contributed by atoms with Crippen molar-refractivity contribution < 1.29 is 57.6 Å². The lowest BCUT2D eigenvalue weighted by molar-refractivity contribution is -0.259. The summed E-state index contributed by atoms with van der Waals surface area (Å²) in [5, 5.41) is 26.0. The van der Waals surface area contributed by atoms with Gasteiger partial charge in [0, 0.05) is 0 Å². The first kappa shape index (κ1) is 68.6. The predicted octanol–water partition coefficient (Wildman–Crippen LogP) is 14.8. The lowest BCUT2D eigenvalue weighted by atomic mass is 9.89. The van der Waals surface area contributed by atoms with E-state index < -0.39 is 67.6 Å². The molecule has 10 aromatic carbocycles. The van der Waals surface area contributed by atoms with Crippen molar-refractivity contribution in [1.82, 2.24) is 0 Å². The molecule has 0 amide bonds. The Morgan fingerprint density at radius 3 is 0.649 bits per heavy atom. The first-order chi connectivity index (χ1) is 46.5. The average Bonchev–Trinajstić information content (AvgIpc) is 0.854. The number of rotatable bonds is 41. The quantitative estimate of drug-likeness (QED) is 0.0378. The highest BCUT2D eigenvalue weighted by Gasteiger charge is 2.50. The van der Waals surface area contributed by atoms with Crippen LogP contribution in [0, 0.1) is 0 Å². The maximum atomic E-state index is 14.3. The molecule has 0 aliphatic carbocycles. The van der Waals surface area contributed by atoms with E-state index >= 15 is 0 Å². The first-order valence-electron chi connectivity index (χ1n) is 32.3. The van der Waals surface area contributed by atoms with Crippen LogP contribution in [0.5, 0.6) is 0 Å². The molecule has 0 aromatic heterocycles. The Bertz CT molecular complexity index is 3550. The van der Waals surface area contributed by atoms with Gasteiger partial charge in [0.1, 0.15) is 61.0 Å². The molecular weight excluding hydrogens is 1180 g/mol. The fraction of sp³-hybridized carbons (Fsp3) is 0.268. The molecular formula is C82H86O12. The van der Waals surface area contributed by atoms with E-state index in [1.807, 2.05) is 303 Å². The first-order valence-corrected chi connectivity index (χ1v) is 32.3. The Morgan fingerprint density at radius 2 is 0.383 bits per heavy atom. The van der Waals surface area contributed by atoms with Gasteiger partial charge in [-0.1, -0.05) is 303 Å². The standard InChI is InChI=1S/C82H86O12/c83-51-73(86-53-64-33-13-2-14-34-64)76(88-55-66-37-17-4-18-38-66)78(90-57-68-41-21-6-22-42-68)75(84)79(91-58-69-43-23-7-24-44-69)81(93-60-71-47-27-9-28-48-71)82(94-61-72-49-29-10-30-50-72)80(92-59-70-45-25-8-26-46-70)77(89-56-67-39-19-5-20-40-67)74(87-54-65-35-15-3-16-36-65)62-85-52-63-31-11-1-12-32-63/h1-50,73-84H,51-62H2/t73-,74+,75-,76+,77+,78+,79-,80-,81-,82-/m0/s1. The van der Waals surface area contributed by atoms with Gasteiger partial charge < -0.3 is 57.6 Å². The van der Waals surface area contributed by atoms with Crippen LogP contribution in [0.1, 0.15) is 55.6 Å². The van der Waals surface area contributed by atoms with Crippen molar-refractivity contribution in [2.45, 2.75) is 127 Å². The average molecular weight is 1260 g/mol. The van der Waals surface area contributed by atoms with Crippen LogP contribution in [0.3, 0.4) is 0 Å². The molecule has 0 saturated carbocycles. The molecule has 10 atom stereocenters. The SMILES string of the molecule is OC[C@H](OCc1ccccc1)[C@@H](OCc1ccccc1)[C@H](OCc1ccccc1)[C@H](O)[C@H](OCc1ccccc1)[C@H](OCc1ccccc1)[C@@H](OCc1ccccc1)[C@@H](OCc1ccccc1)[C@H](OCc1ccccc1)[C@@H](COCc1ccccc1)OCc1ccccc1. The maximum Gasteiger partial charge on any atom is 0.116 e. The van der Waals surface area contributed by atoms with Gasteiger partial charge in [-0.25, -0.2) is 0 Å². The van der Waals surface area contributed by atoms with Crippen LogP contribution in [0.15, 0.2) is 303 Å². The van der Waals surface area contributed by atoms with Crippen molar-refractivity contribution in [3.8, 4) is 0 Å². The minimum atomic E-state index is -1.65. The fourth-order valence-corrected chi connectivity index (χ4v) is 11.2. The summed E-state index contributed by atoms with van der Waals surface area (Å²) in [6.45, 7) is 0.612. The molecule has 0 unspecified atom stereocenters. The third-order valence-electron chi connectivity index (χ3n) is 16.2. The van der Waals surface area contributed by atoms with Gasteiger partial charge in [0.25, 0.3) is 0 Å². The van der Waals surface area contributed by atoms with E-state index in [4.69, 9.17) is 47.4 Å². The van der Waals surface area contributed by atoms with Crippen molar-refractivity contribution in [2.75, 3.05) is 13.2 Å². The number of benzene rings is 10. The van der Waals surface area contributed by atoms with Crippen LogP contribution >= 0.6 is 0 Å². The molecule has 94 heavy (non-hydrogen) atoms. The summed E-state index contributed by atoms with van der Waals surface area (Å²) >= 11 is 0. The molecule has 0 aliphatic rings. The Balaban J connectivity index is 1.17. The van der Waals surface area contributed by atoms with Gasteiger partial charge in [-0.05, 0) is 55.6 Å². The molecule has 10 rings (SSSR count). The fourth-order valence-electron chi connectivity index (χ4n) is 11.2. The minimum Gasteiger partial charge on any atom is -0.394 e. The van der Waals surface area contributed by atoms with E-state index in [0.29, 0.717) is 0 Å². The van der Waals surface area contributed by atoms with Crippen LogP contribution in [0.4, 0.5) is 0 Å². The summed E-state index contributed by atoms with van der Waals surface area (Å²) < 4.78 is 72.6. The van der Waals surface area contributed by atoms with Crippen LogP contribution in [0.2, 0.25) is 0 Å². The largest absolute Gasteiger partial charge is 0.394 e. The summed E-state index contributed by atoms with van der Waals surface area (Å²) in [7, 11) is 0. The van der Waals surface area contributed by atoms with Gasteiger partial charge in [0.2, 0.25) is 0 Å². The zero-order valence-electron chi connectivity index (χ0n) is 53.1. The zero-order valence-corrected chi connectivity index (χ0v) is 53.1. The van der Waals surface area contributed by atoms with Crippen molar-refractivity contribution in [2.24, 2.45) is 0 Å². The molecule has 0 saturated heterocycles. The Hall–Kier alpha value is -8.28. The van der Waals surface area contributed by atoms with Gasteiger partial charge >= 0.3 is 0 Å². The zero-order chi connectivity index (χ0) is 64.5. The molecule has 486 valence electrons. The lowest BCUT2D eigenvalue weighted by Gasteiger charge is -2.45. The molecule has 0 aliphatic heterocycles. The van der Waals surface area contributed by atoms with E-state index in [9.17, 15) is 10.2 Å². The summed E-state index contributed by atoms with van der Waals surface area (Å²) in [6, 6.07) is 98.9. The van der Waals surface area contributed by atoms with Gasteiger partial charge in [-0.2, -0.15) is 0 Å². The van der Waals surface area contributed by atoms with Gasteiger partial charge in [0.15, 0.2) is 0 Å². The van der Waals surface area contributed by atoms with Gasteiger partial charge in [-0.3, -0.25) is 0 Å². The second-order valence-corrected chi connectivity index (χ2v) is 23.2. The summed E-state index contributed by atoms with van der Waals surface area (Å²) in [5.74, 6) is 0. The molecule has 0 heterocycles. The highest BCUT2D eigenvalue weighted by Crippen LogP contribution is 2.33. The Labute approximate surface area is 554 Å². The smallest absolute Gasteiger partial charge is 0.116 e. The van der Waals surface area contributed by atoms with Crippen LogP contribution < -0.4 is 0 Å². The van der Waals surface area contributed by atoms with Crippen molar-refractivity contribution >= 4 is 0 Å². The van der Waals surface area contributed by atoms with E-state index in [1.54, 1.807) is 0 Å². The van der Waals surface area contributed by atoms with Crippen molar-refractivity contribution in [3.63, 3.8) is 0 Å². The molecule has 10 aromatic rings. The van der Waals surface area contributed by atoms with Crippen LogP contribution in [-0.2, 0) is 113 Å². The second-order valence-electron chi connectivity index (χ2n) is 23.2. The number of ether oxygens (including phenoxy) is 10. The lowest BCUT2D eigenvalue weighted by Crippen LogP contribution is -2.62. The molecule has 12 heteroatoms. The second kappa shape index (κ2) is 38.8. The van der Waals surface area contributed by atoms with Gasteiger partial charge in [0.05, 0.1) is 79.3 Å². The van der Waals surface area contributed by atoms with Crippen molar-refractivity contribution in [3.05, 3.63) is 359 Å². The molecule has 0 spiro atoms. The van der Waals surface area contributed by atoms with E-state index in [0.717, 1.165) is 55.6 Å². The Morgan fingerprint density at radius 1 is 0.202 bits per heavy atom. The number of hydrogen-bond acceptors (Lipinski definition) is 12. The van der Waals surface area contributed by atoms with Gasteiger partial charge in [-0.15, -0.1) is 0 Å². The normalized spacial score (nSPS) is 14.8. The monoisotopic (exact) mass is 1260 g/mol. The summed E-state index contributed by atoms with van der Waals surface area (Å²) in [6.07, 6.45) is -11.9. The Kier molecular flexibility index (Phi) is 28.3. The van der Waals surface area contributed by atoms with Crippen LogP contribution in [-0.4, -0.2) is 84.5 Å². The van der Waals surface area contributed by atoms with E-state index in [-0.39, 0.29) is 72.7 Å².